The Balaban J connectivity index is 1.39. The summed E-state index contributed by atoms with van der Waals surface area (Å²) in [6.45, 7) is 4.37. The van der Waals surface area contributed by atoms with Gasteiger partial charge in [-0.05, 0) is 19.3 Å². The summed E-state index contributed by atoms with van der Waals surface area (Å²) in [5.74, 6) is 0.159. The fourth-order valence-electron chi connectivity index (χ4n) is 5.85. The van der Waals surface area contributed by atoms with Crippen LogP contribution in [-0.2, 0) is 9.59 Å². The second-order valence-electron chi connectivity index (χ2n) is 11.1. The molecular weight excluding hydrogens is 468 g/mol. The highest BCUT2D eigenvalue weighted by Crippen LogP contribution is 2.28. The third-order valence-electron chi connectivity index (χ3n) is 8.27. The Morgan fingerprint density at radius 1 is 0.892 bits per heavy atom. The second-order valence-corrected chi connectivity index (χ2v) is 11.1. The van der Waals surface area contributed by atoms with Crippen molar-refractivity contribution in [3.63, 3.8) is 0 Å². The van der Waals surface area contributed by atoms with Gasteiger partial charge in [0.05, 0.1) is 0 Å². The first-order chi connectivity index (χ1) is 17.9. The number of likely N-dealkylation sites (N-methyl/N-ethyl adjacent to an activating group) is 1. The van der Waals surface area contributed by atoms with Crippen LogP contribution in [0.5, 0.6) is 0 Å². The van der Waals surface area contributed by atoms with Crippen molar-refractivity contribution in [2.24, 2.45) is 16.6 Å². The van der Waals surface area contributed by atoms with Crippen LogP contribution in [0.25, 0.3) is 0 Å². The van der Waals surface area contributed by atoms with Gasteiger partial charge in [-0.3, -0.25) is 14.9 Å². The second kappa shape index (κ2) is 15.2. The van der Waals surface area contributed by atoms with Crippen LogP contribution in [0.1, 0.15) is 110 Å². The van der Waals surface area contributed by atoms with E-state index in [1.54, 1.807) is 7.05 Å². The number of guanidine groups is 1. The highest BCUT2D eigenvalue weighted by molar-refractivity contribution is 6.03. The summed E-state index contributed by atoms with van der Waals surface area (Å²) < 4.78 is 0. The van der Waals surface area contributed by atoms with Crippen molar-refractivity contribution in [3.8, 4) is 0 Å². The Morgan fingerprint density at radius 2 is 1.41 bits per heavy atom. The molecule has 4 amide bonds. The lowest BCUT2D eigenvalue weighted by Crippen LogP contribution is -2.64. The highest BCUT2D eigenvalue weighted by Gasteiger charge is 2.49. The van der Waals surface area contributed by atoms with Gasteiger partial charge in [0.25, 0.3) is 5.91 Å². The number of urea groups is 1. The molecule has 3 aliphatic rings. The fourth-order valence-corrected chi connectivity index (χ4v) is 5.85. The monoisotopic (exact) mass is 518 g/mol. The van der Waals surface area contributed by atoms with Gasteiger partial charge in [0.2, 0.25) is 5.91 Å². The minimum absolute atomic E-state index is 0.104. The molecule has 2 saturated heterocycles. The quantitative estimate of drug-likeness (QED) is 0.297. The summed E-state index contributed by atoms with van der Waals surface area (Å²) in [6.07, 6.45) is 19.1. The SMILES string of the molecule is CCCCCCCCCCCCCCCCN1C(N2CCC(C(N)=O)CC2)=NC2C1C(=O)NC(=O)N2C. The lowest BCUT2D eigenvalue weighted by Gasteiger charge is -2.39. The maximum atomic E-state index is 12.8. The van der Waals surface area contributed by atoms with Crippen LogP contribution in [0.3, 0.4) is 0 Å². The number of hydrogen-bond donors (Lipinski definition) is 2. The van der Waals surface area contributed by atoms with Crippen LogP contribution in [0.15, 0.2) is 4.99 Å². The zero-order valence-electron chi connectivity index (χ0n) is 23.3. The van der Waals surface area contributed by atoms with Crippen molar-refractivity contribution in [2.45, 2.75) is 122 Å². The Hall–Kier alpha value is -2.32. The molecule has 0 aliphatic carbocycles. The number of piperidine rings is 1. The molecule has 0 aromatic heterocycles. The fraction of sp³-hybridized carbons (Fsp3) is 0.857. The van der Waals surface area contributed by atoms with E-state index in [9.17, 15) is 14.4 Å². The van der Waals surface area contributed by atoms with Crippen molar-refractivity contribution in [1.82, 2.24) is 20.0 Å². The molecule has 9 heteroatoms. The number of carbonyl (C=O) groups excluding carboxylic acids is 3. The Labute approximate surface area is 223 Å². The molecule has 2 unspecified atom stereocenters. The third kappa shape index (κ3) is 8.34. The van der Waals surface area contributed by atoms with Crippen molar-refractivity contribution in [2.75, 3.05) is 26.7 Å². The lowest BCUT2D eigenvalue weighted by atomic mass is 9.96. The number of hydrogen-bond acceptors (Lipinski definition) is 6. The molecule has 3 N–H and O–H groups in total. The zero-order chi connectivity index (χ0) is 26.6. The first-order valence-electron chi connectivity index (χ1n) is 14.9. The van der Waals surface area contributed by atoms with Crippen molar-refractivity contribution in [3.05, 3.63) is 0 Å². The predicted octanol–water partition coefficient (Wildman–Crippen LogP) is 4.21. The number of fused-ring (bicyclic) bond motifs is 1. The largest absolute Gasteiger partial charge is 0.369 e. The van der Waals surface area contributed by atoms with E-state index in [1.807, 2.05) is 0 Å². The molecule has 3 rings (SSSR count). The molecule has 2 fully saturated rings. The van der Waals surface area contributed by atoms with Crippen LogP contribution in [0, 0.1) is 5.92 Å². The van der Waals surface area contributed by atoms with E-state index in [0.717, 1.165) is 25.3 Å². The van der Waals surface area contributed by atoms with Gasteiger partial charge in [0.15, 0.2) is 18.2 Å². The van der Waals surface area contributed by atoms with Crippen LogP contribution < -0.4 is 11.1 Å². The van der Waals surface area contributed by atoms with Crippen LogP contribution in [0.4, 0.5) is 4.79 Å². The lowest BCUT2D eigenvalue weighted by molar-refractivity contribution is -0.127. The molecule has 0 bridgehead atoms. The number of nitrogens with two attached hydrogens (primary N) is 1. The van der Waals surface area contributed by atoms with E-state index >= 15 is 0 Å². The molecule has 0 spiro atoms. The molecular formula is C28H50N6O3. The smallest absolute Gasteiger partial charge is 0.325 e. The third-order valence-corrected chi connectivity index (χ3v) is 8.27. The van der Waals surface area contributed by atoms with Gasteiger partial charge < -0.3 is 20.4 Å². The van der Waals surface area contributed by atoms with Gasteiger partial charge in [-0.15, -0.1) is 0 Å². The van der Waals surface area contributed by atoms with Gasteiger partial charge in [0.1, 0.15) is 0 Å². The molecule has 9 nitrogen and oxygen atoms in total. The number of primary amides is 1. The Morgan fingerprint density at radius 3 is 1.92 bits per heavy atom. The number of carbonyl (C=O) groups is 3. The van der Waals surface area contributed by atoms with E-state index in [-0.39, 0.29) is 17.7 Å². The zero-order valence-corrected chi connectivity index (χ0v) is 23.3. The van der Waals surface area contributed by atoms with Crippen molar-refractivity contribution in [1.29, 1.82) is 0 Å². The first-order valence-corrected chi connectivity index (χ1v) is 14.9. The van der Waals surface area contributed by atoms with E-state index < -0.39 is 18.2 Å². The summed E-state index contributed by atoms with van der Waals surface area (Å²) in [6, 6.07) is -0.895. The summed E-state index contributed by atoms with van der Waals surface area (Å²) in [5.41, 5.74) is 5.51. The normalized spacial score (nSPS) is 22.3. The minimum Gasteiger partial charge on any atom is -0.369 e. The summed E-state index contributed by atoms with van der Waals surface area (Å²) in [7, 11) is 1.69. The molecule has 3 heterocycles. The highest BCUT2D eigenvalue weighted by atomic mass is 16.2. The first kappa shape index (κ1) is 29.2. The minimum atomic E-state index is -0.503. The number of unbranched alkanes of at least 4 members (excludes halogenated alkanes) is 13. The van der Waals surface area contributed by atoms with Gasteiger partial charge in [0, 0.05) is 32.6 Å². The number of aliphatic imine (C=N–C) groups is 1. The van der Waals surface area contributed by atoms with Crippen LogP contribution >= 0.6 is 0 Å². The van der Waals surface area contributed by atoms with Gasteiger partial charge in [-0.1, -0.05) is 90.4 Å². The number of imide groups is 1. The van der Waals surface area contributed by atoms with Gasteiger partial charge >= 0.3 is 6.03 Å². The van der Waals surface area contributed by atoms with E-state index in [4.69, 9.17) is 10.7 Å². The molecule has 2 atom stereocenters. The van der Waals surface area contributed by atoms with Crippen molar-refractivity contribution < 1.29 is 14.4 Å². The van der Waals surface area contributed by atoms with E-state index in [1.165, 1.54) is 81.9 Å². The Kier molecular flexibility index (Phi) is 12.0. The van der Waals surface area contributed by atoms with E-state index in [2.05, 4.69) is 22.0 Å². The standard InChI is InChI=1S/C28H50N6O3/c1-3-4-5-6-7-8-9-10-11-12-13-14-15-16-19-34-23-25(32(2)28(37)31-26(23)36)30-27(34)33-20-17-22(18-21-33)24(29)35/h22-23,25H,3-21H2,1-2H3,(H2,29,35)(H,31,36,37). The molecule has 0 aromatic rings. The number of nitrogens with one attached hydrogen (secondary N) is 1. The molecule has 210 valence electrons. The average molecular weight is 519 g/mol. The molecule has 37 heavy (non-hydrogen) atoms. The predicted molar refractivity (Wildman–Crippen MR) is 147 cm³/mol. The number of likely N-dealkylation sites (tertiary alicyclic amines) is 1. The number of amides is 4. The Bertz CT molecular complexity index is 780. The molecule has 0 radical (unpaired) electrons. The summed E-state index contributed by atoms with van der Waals surface area (Å²) >= 11 is 0. The average Bonchev–Trinajstić information content (AvgIpc) is 3.27. The van der Waals surface area contributed by atoms with Gasteiger partial charge in [-0.25, -0.2) is 9.79 Å². The van der Waals surface area contributed by atoms with Crippen LogP contribution in [-0.4, -0.2) is 77.4 Å². The van der Waals surface area contributed by atoms with E-state index in [0.29, 0.717) is 25.9 Å². The van der Waals surface area contributed by atoms with Gasteiger partial charge in [-0.2, -0.15) is 0 Å². The summed E-state index contributed by atoms with van der Waals surface area (Å²) in [5, 5.41) is 2.48. The van der Waals surface area contributed by atoms with Crippen molar-refractivity contribution >= 4 is 23.8 Å². The molecule has 3 aliphatic heterocycles. The summed E-state index contributed by atoms with van der Waals surface area (Å²) in [4.78, 5) is 47.2. The van der Waals surface area contributed by atoms with Crippen LogP contribution in [0.2, 0.25) is 0 Å². The maximum absolute atomic E-state index is 12.8. The maximum Gasteiger partial charge on any atom is 0.325 e. The number of nitrogens with zero attached hydrogens (tertiary/aromatic N) is 4. The molecule has 0 saturated carbocycles. The number of rotatable bonds is 16. The molecule has 0 aromatic carbocycles. The topological polar surface area (TPSA) is 111 Å².